The monoisotopic (exact) mass is 528 g/mol. The number of nitrogens with one attached hydrogen (secondary N) is 2. The first kappa shape index (κ1) is 25.6. The number of hydrogen-bond acceptors (Lipinski definition) is 4. The normalized spacial score (nSPS) is 28.2. The number of hydrogen-bond donors (Lipinski definition) is 2. The lowest BCUT2D eigenvalue weighted by atomic mass is 9.53. The van der Waals surface area contributed by atoms with Gasteiger partial charge in [-0.15, -0.1) is 12.4 Å². The van der Waals surface area contributed by atoms with Crippen LogP contribution in [0.3, 0.4) is 0 Å². The lowest BCUT2D eigenvalue weighted by Gasteiger charge is -2.57. The highest BCUT2D eigenvalue weighted by Crippen LogP contribution is 2.55. The fraction of sp³-hybridized carbons (Fsp3) is 0.720. The second-order valence-electron chi connectivity index (χ2n) is 11.0. The van der Waals surface area contributed by atoms with Gasteiger partial charge in [-0.2, -0.15) is 0 Å². The van der Waals surface area contributed by atoms with Crippen LogP contribution < -0.4 is 20.1 Å². The van der Waals surface area contributed by atoms with Crippen LogP contribution in [0.1, 0.15) is 71.8 Å². The number of ether oxygens (including phenoxy) is 2. The van der Waals surface area contributed by atoms with Crippen molar-refractivity contribution in [3.8, 4) is 11.5 Å². The predicted molar refractivity (Wildman–Crippen MR) is 134 cm³/mol. The summed E-state index contributed by atoms with van der Waals surface area (Å²) >= 11 is 3.65. The molecule has 180 valence electrons. The Hall–Kier alpha value is -0.980. The van der Waals surface area contributed by atoms with E-state index in [9.17, 15) is 4.79 Å². The maximum atomic E-state index is 12.2. The number of rotatable bonds is 8. The van der Waals surface area contributed by atoms with Crippen molar-refractivity contribution < 1.29 is 14.3 Å². The maximum absolute atomic E-state index is 12.2. The minimum Gasteiger partial charge on any atom is -0.490 e. The largest absolute Gasteiger partial charge is 0.490 e. The van der Waals surface area contributed by atoms with Gasteiger partial charge in [-0.05, 0) is 118 Å². The molecular formula is C25H38BrClN2O3. The first-order valence-corrected chi connectivity index (χ1v) is 12.6. The molecule has 1 aromatic carbocycles. The Bertz CT molecular complexity index is 789. The second kappa shape index (κ2) is 10.1. The van der Waals surface area contributed by atoms with Gasteiger partial charge in [0.15, 0.2) is 18.1 Å². The van der Waals surface area contributed by atoms with E-state index in [1.165, 1.54) is 44.1 Å². The zero-order valence-electron chi connectivity index (χ0n) is 19.8. The maximum Gasteiger partial charge on any atom is 0.258 e. The molecule has 0 saturated heterocycles. The summed E-state index contributed by atoms with van der Waals surface area (Å²) in [5.41, 5.74) is 1.22. The molecule has 0 unspecified atom stereocenters. The van der Waals surface area contributed by atoms with Gasteiger partial charge in [0.05, 0.1) is 11.1 Å². The number of amides is 1. The fourth-order valence-corrected chi connectivity index (χ4v) is 6.94. The summed E-state index contributed by atoms with van der Waals surface area (Å²) in [5.74, 6) is 3.92. The van der Waals surface area contributed by atoms with Gasteiger partial charge < -0.3 is 20.1 Å². The van der Waals surface area contributed by atoms with Crippen molar-refractivity contribution in [2.45, 2.75) is 83.8 Å². The van der Waals surface area contributed by atoms with Gasteiger partial charge in [-0.3, -0.25) is 4.79 Å². The van der Waals surface area contributed by atoms with E-state index in [0.717, 1.165) is 28.8 Å². The number of halogens is 2. The van der Waals surface area contributed by atoms with Crippen LogP contribution in [0.2, 0.25) is 0 Å². The third kappa shape index (κ3) is 6.12. The van der Waals surface area contributed by atoms with Crippen LogP contribution in [0, 0.1) is 17.8 Å². The van der Waals surface area contributed by atoms with Crippen molar-refractivity contribution in [3.63, 3.8) is 0 Å². The summed E-state index contributed by atoms with van der Waals surface area (Å²) in [6.07, 6.45) is 8.37. The standard InChI is InChI=1S/C25H37BrN2O3.ClH/c1-5-30-21-10-19(9-20(26)23(21)31-15-22(29)28-24(2,3)4)14-27-25-11-16-6-17(12-25)8-18(7-16)13-25;/h9-10,16-18,27H,5-8,11-15H2,1-4H3,(H,28,29);1H. The van der Waals surface area contributed by atoms with Gasteiger partial charge in [0.1, 0.15) is 0 Å². The summed E-state index contributed by atoms with van der Waals surface area (Å²) in [6.45, 7) is 9.16. The first-order chi connectivity index (χ1) is 14.6. The van der Waals surface area contributed by atoms with Crippen molar-refractivity contribution in [1.29, 1.82) is 0 Å². The lowest BCUT2D eigenvalue weighted by molar-refractivity contribution is -0.124. The predicted octanol–water partition coefficient (Wildman–Crippen LogP) is 5.62. The minimum absolute atomic E-state index is 0. The van der Waals surface area contributed by atoms with Crippen molar-refractivity contribution >= 4 is 34.2 Å². The molecule has 4 aliphatic rings. The third-order valence-electron chi connectivity index (χ3n) is 6.94. The van der Waals surface area contributed by atoms with Crippen LogP contribution >= 0.6 is 28.3 Å². The second-order valence-corrected chi connectivity index (χ2v) is 11.8. The van der Waals surface area contributed by atoms with Crippen molar-refractivity contribution in [1.82, 2.24) is 10.6 Å². The van der Waals surface area contributed by atoms with Gasteiger partial charge in [-0.25, -0.2) is 0 Å². The zero-order valence-corrected chi connectivity index (χ0v) is 22.2. The van der Waals surface area contributed by atoms with E-state index in [1.807, 2.05) is 27.7 Å². The summed E-state index contributed by atoms with van der Waals surface area (Å²) in [5, 5.41) is 6.88. The lowest BCUT2D eigenvalue weighted by Crippen LogP contribution is -2.58. The van der Waals surface area contributed by atoms with Crippen molar-refractivity contribution in [2.75, 3.05) is 13.2 Å². The molecule has 5 rings (SSSR count). The SMILES string of the molecule is CCOc1cc(CNC23CC4CC(CC(C4)C2)C3)cc(Br)c1OCC(=O)NC(C)(C)C.Cl. The third-order valence-corrected chi connectivity index (χ3v) is 7.53. The van der Waals surface area contributed by atoms with Gasteiger partial charge in [0.2, 0.25) is 0 Å². The fourth-order valence-electron chi connectivity index (χ4n) is 6.34. The highest BCUT2D eigenvalue weighted by atomic mass is 79.9. The van der Waals surface area contributed by atoms with Crippen molar-refractivity contribution in [2.24, 2.45) is 17.8 Å². The van der Waals surface area contributed by atoms with E-state index in [-0.39, 0.29) is 30.5 Å². The molecule has 0 heterocycles. The van der Waals surface area contributed by atoms with E-state index < -0.39 is 0 Å². The van der Waals surface area contributed by atoms with Crippen molar-refractivity contribution in [3.05, 3.63) is 22.2 Å². The Kier molecular flexibility index (Phi) is 8.10. The molecule has 5 nitrogen and oxygen atoms in total. The minimum atomic E-state index is -0.285. The van der Waals surface area contributed by atoms with Crippen LogP contribution in [-0.2, 0) is 11.3 Å². The summed E-state index contributed by atoms with van der Waals surface area (Å²) in [4.78, 5) is 12.2. The van der Waals surface area contributed by atoms with Crippen LogP contribution in [0.15, 0.2) is 16.6 Å². The summed E-state index contributed by atoms with van der Waals surface area (Å²) < 4.78 is 12.6. The molecule has 0 atom stereocenters. The summed E-state index contributed by atoms with van der Waals surface area (Å²) in [7, 11) is 0. The van der Waals surface area contributed by atoms with E-state index in [4.69, 9.17) is 9.47 Å². The zero-order chi connectivity index (χ0) is 22.2. The molecule has 4 aliphatic carbocycles. The average Bonchev–Trinajstić information content (AvgIpc) is 2.63. The average molecular weight is 530 g/mol. The number of carbonyl (C=O) groups is 1. The van der Waals surface area contributed by atoms with E-state index in [1.54, 1.807) is 0 Å². The van der Waals surface area contributed by atoms with E-state index in [2.05, 4.69) is 38.7 Å². The number of benzene rings is 1. The highest BCUT2D eigenvalue weighted by Gasteiger charge is 2.50. The molecule has 0 aromatic heterocycles. The molecule has 7 heteroatoms. The molecule has 0 aliphatic heterocycles. The highest BCUT2D eigenvalue weighted by molar-refractivity contribution is 9.10. The summed E-state index contributed by atoms with van der Waals surface area (Å²) in [6, 6.07) is 4.14. The topological polar surface area (TPSA) is 59.6 Å². The van der Waals surface area contributed by atoms with E-state index in [0.29, 0.717) is 23.6 Å². The molecule has 4 bridgehead atoms. The van der Waals surface area contributed by atoms with Gasteiger partial charge >= 0.3 is 0 Å². The van der Waals surface area contributed by atoms with Crippen LogP contribution in [0.4, 0.5) is 0 Å². The van der Waals surface area contributed by atoms with Gasteiger partial charge in [0.25, 0.3) is 5.91 Å². The van der Waals surface area contributed by atoms with Crippen LogP contribution in [0.25, 0.3) is 0 Å². The van der Waals surface area contributed by atoms with Gasteiger partial charge in [0, 0.05) is 17.6 Å². The molecule has 4 fully saturated rings. The number of carbonyl (C=O) groups excluding carboxylic acids is 1. The Morgan fingerprint density at radius 2 is 1.69 bits per heavy atom. The molecule has 0 radical (unpaired) electrons. The van der Waals surface area contributed by atoms with Crippen LogP contribution in [0.5, 0.6) is 11.5 Å². The molecular weight excluding hydrogens is 492 g/mol. The van der Waals surface area contributed by atoms with Crippen LogP contribution in [-0.4, -0.2) is 30.2 Å². The first-order valence-electron chi connectivity index (χ1n) is 11.8. The Morgan fingerprint density at radius 3 is 2.22 bits per heavy atom. The molecule has 1 aromatic rings. The Morgan fingerprint density at radius 1 is 1.09 bits per heavy atom. The van der Waals surface area contributed by atoms with E-state index >= 15 is 0 Å². The molecule has 4 saturated carbocycles. The molecule has 0 spiro atoms. The molecule has 32 heavy (non-hydrogen) atoms. The smallest absolute Gasteiger partial charge is 0.258 e. The molecule has 2 N–H and O–H groups in total. The van der Waals surface area contributed by atoms with Gasteiger partial charge in [-0.1, -0.05) is 0 Å². The molecule has 1 amide bonds. The Balaban J connectivity index is 0.00000289. The quantitative estimate of drug-likeness (QED) is 0.459. The Labute approximate surface area is 207 Å².